The lowest BCUT2D eigenvalue weighted by atomic mass is 10.0. The minimum atomic E-state index is 0.0422. The van der Waals surface area contributed by atoms with Gasteiger partial charge < -0.3 is 9.64 Å². The van der Waals surface area contributed by atoms with Crippen molar-refractivity contribution >= 4 is 5.91 Å². The van der Waals surface area contributed by atoms with E-state index in [-0.39, 0.29) is 5.91 Å². The SMILES string of the molecule is N#Cc1cccc(-c2ccc(C(=O)N3CCOCC3)cc2)c1. The molecule has 0 radical (unpaired) electrons. The zero-order valence-corrected chi connectivity index (χ0v) is 12.2. The van der Waals surface area contributed by atoms with E-state index in [1.807, 2.05) is 47.4 Å². The molecule has 1 aliphatic heterocycles. The first-order valence-corrected chi connectivity index (χ1v) is 7.25. The molecule has 2 aromatic rings. The van der Waals surface area contributed by atoms with Crippen LogP contribution in [0.2, 0.25) is 0 Å². The maximum atomic E-state index is 12.4. The number of nitrogens with zero attached hydrogens (tertiary/aromatic N) is 2. The second-order valence-corrected chi connectivity index (χ2v) is 5.17. The summed E-state index contributed by atoms with van der Waals surface area (Å²) < 4.78 is 5.26. The molecule has 110 valence electrons. The zero-order valence-electron chi connectivity index (χ0n) is 12.2. The number of carbonyl (C=O) groups is 1. The highest BCUT2D eigenvalue weighted by Crippen LogP contribution is 2.21. The van der Waals surface area contributed by atoms with E-state index in [2.05, 4.69) is 6.07 Å². The van der Waals surface area contributed by atoms with Crippen molar-refractivity contribution in [3.8, 4) is 17.2 Å². The molecule has 0 spiro atoms. The number of benzene rings is 2. The first-order chi connectivity index (χ1) is 10.8. The number of amides is 1. The smallest absolute Gasteiger partial charge is 0.254 e. The quantitative estimate of drug-likeness (QED) is 0.855. The molecule has 2 aromatic carbocycles. The molecule has 4 heteroatoms. The molecule has 0 unspecified atom stereocenters. The average molecular weight is 292 g/mol. The van der Waals surface area contributed by atoms with Crippen LogP contribution in [0.1, 0.15) is 15.9 Å². The predicted octanol–water partition coefficient (Wildman–Crippen LogP) is 2.70. The van der Waals surface area contributed by atoms with E-state index in [1.165, 1.54) is 0 Å². The lowest BCUT2D eigenvalue weighted by molar-refractivity contribution is 0.0303. The molecule has 0 aliphatic carbocycles. The number of hydrogen-bond acceptors (Lipinski definition) is 3. The number of carbonyl (C=O) groups excluding carboxylic acids is 1. The van der Waals surface area contributed by atoms with Crippen LogP contribution in [0.5, 0.6) is 0 Å². The van der Waals surface area contributed by atoms with Crippen LogP contribution in [0.4, 0.5) is 0 Å². The molecule has 1 heterocycles. The molecular formula is C18H16N2O2. The third-order valence-electron chi connectivity index (χ3n) is 3.76. The van der Waals surface area contributed by atoms with Gasteiger partial charge in [-0.05, 0) is 35.4 Å². The number of morpholine rings is 1. The monoisotopic (exact) mass is 292 g/mol. The molecule has 1 fully saturated rings. The Labute approximate surface area is 129 Å². The Morgan fingerprint density at radius 1 is 1.05 bits per heavy atom. The highest BCUT2D eigenvalue weighted by molar-refractivity contribution is 5.94. The topological polar surface area (TPSA) is 53.3 Å². The Morgan fingerprint density at radius 2 is 1.77 bits per heavy atom. The maximum Gasteiger partial charge on any atom is 0.254 e. The van der Waals surface area contributed by atoms with Crippen LogP contribution in [-0.4, -0.2) is 37.1 Å². The van der Waals surface area contributed by atoms with Gasteiger partial charge in [-0.3, -0.25) is 4.79 Å². The summed E-state index contributed by atoms with van der Waals surface area (Å²) in [7, 11) is 0. The van der Waals surface area contributed by atoms with Gasteiger partial charge in [0, 0.05) is 18.7 Å². The highest BCUT2D eigenvalue weighted by atomic mass is 16.5. The molecule has 22 heavy (non-hydrogen) atoms. The Bertz CT molecular complexity index is 711. The van der Waals surface area contributed by atoms with Gasteiger partial charge in [0.1, 0.15) is 0 Å². The van der Waals surface area contributed by atoms with Gasteiger partial charge in [0.2, 0.25) is 0 Å². The van der Waals surface area contributed by atoms with Crippen molar-refractivity contribution in [2.24, 2.45) is 0 Å². The van der Waals surface area contributed by atoms with Crippen molar-refractivity contribution < 1.29 is 9.53 Å². The van der Waals surface area contributed by atoms with Gasteiger partial charge in [0.15, 0.2) is 0 Å². The maximum absolute atomic E-state index is 12.4. The summed E-state index contributed by atoms with van der Waals surface area (Å²) in [6.45, 7) is 2.49. The second-order valence-electron chi connectivity index (χ2n) is 5.17. The van der Waals surface area contributed by atoms with Gasteiger partial charge in [-0.2, -0.15) is 5.26 Å². The Morgan fingerprint density at radius 3 is 2.45 bits per heavy atom. The Kier molecular flexibility index (Phi) is 4.17. The van der Waals surface area contributed by atoms with E-state index in [0.29, 0.717) is 37.4 Å². The number of nitriles is 1. The van der Waals surface area contributed by atoms with Crippen LogP contribution in [0.3, 0.4) is 0 Å². The summed E-state index contributed by atoms with van der Waals surface area (Å²) in [4.78, 5) is 14.2. The zero-order chi connectivity index (χ0) is 15.4. The third kappa shape index (κ3) is 3.00. The summed E-state index contributed by atoms with van der Waals surface area (Å²) in [5.41, 5.74) is 3.29. The average Bonchev–Trinajstić information content (AvgIpc) is 2.62. The summed E-state index contributed by atoms with van der Waals surface area (Å²) in [5, 5.41) is 8.96. The van der Waals surface area contributed by atoms with E-state index in [0.717, 1.165) is 11.1 Å². The fraction of sp³-hybridized carbons (Fsp3) is 0.222. The molecule has 0 atom stereocenters. The fourth-order valence-electron chi connectivity index (χ4n) is 2.52. The lowest BCUT2D eigenvalue weighted by Crippen LogP contribution is -2.40. The fourth-order valence-corrected chi connectivity index (χ4v) is 2.52. The van der Waals surface area contributed by atoms with Gasteiger partial charge in [0.25, 0.3) is 5.91 Å². The van der Waals surface area contributed by atoms with Crippen molar-refractivity contribution in [3.05, 3.63) is 59.7 Å². The van der Waals surface area contributed by atoms with Crippen LogP contribution >= 0.6 is 0 Å². The minimum absolute atomic E-state index is 0.0422. The van der Waals surface area contributed by atoms with Gasteiger partial charge in [-0.1, -0.05) is 24.3 Å². The van der Waals surface area contributed by atoms with Crippen molar-refractivity contribution in [1.29, 1.82) is 5.26 Å². The minimum Gasteiger partial charge on any atom is -0.378 e. The molecule has 0 saturated carbocycles. The van der Waals surface area contributed by atoms with Gasteiger partial charge in [0.05, 0.1) is 24.8 Å². The largest absolute Gasteiger partial charge is 0.378 e. The summed E-state index contributed by atoms with van der Waals surface area (Å²) in [5.74, 6) is 0.0422. The summed E-state index contributed by atoms with van der Waals surface area (Å²) in [6, 6.07) is 17.1. The van der Waals surface area contributed by atoms with Crippen molar-refractivity contribution in [2.45, 2.75) is 0 Å². The Hall–Kier alpha value is -2.64. The van der Waals surface area contributed by atoms with Crippen molar-refractivity contribution in [1.82, 2.24) is 4.90 Å². The molecule has 1 saturated heterocycles. The van der Waals surface area contributed by atoms with Crippen molar-refractivity contribution in [3.63, 3.8) is 0 Å². The van der Waals surface area contributed by atoms with E-state index in [1.54, 1.807) is 6.07 Å². The molecule has 1 amide bonds. The molecular weight excluding hydrogens is 276 g/mol. The van der Waals surface area contributed by atoms with E-state index in [4.69, 9.17) is 10.00 Å². The van der Waals surface area contributed by atoms with Gasteiger partial charge >= 0.3 is 0 Å². The molecule has 3 rings (SSSR count). The summed E-state index contributed by atoms with van der Waals surface area (Å²) >= 11 is 0. The van der Waals surface area contributed by atoms with Crippen molar-refractivity contribution in [2.75, 3.05) is 26.3 Å². The normalized spacial score (nSPS) is 14.4. The predicted molar refractivity (Wildman–Crippen MR) is 83.3 cm³/mol. The molecule has 0 N–H and O–H groups in total. The molecule has 0 bridgehead atoms. The molecule has 1 aliphatic rings. The molecule has 0 aromatic heterocycles. The third-order valence-corrected chi connectivity index (χ3v) is 3.76. The van der Waals surface area contributed by atoms with E-state index >= 15 is 0 Å². The second kappa shape index (κ2) is 6.42. The van der Waals surface area contributed by atoms with E-state index in [9.17, 15) is 4.79 Å². The van der Waals surface area contributed by atoms with E-state index < -0.39 is 0 Å². The Balaban J connectivity index is 1.80. The number of rotatable bonds is 2. The van der Waals surface area contributed by atoms with Crippen LogP contribution in [0, 0.1) is 11.3 Å². The summed E-state index contributed by atoms with van der Waals surface area (Å²) in [6.07, 6.45) is 0. The number of ether oxygens (including phenoxy) is 1. The first-order valence-electron chi connectivity index (χ1n) is 7.25. The standard InChI is InChI=1S/C18H16N2O2/c19-13-14-2-1-3-17(12-14)15-4-6-16(7-5-15)18(21)20-8-10-22-11-9-20/h1-7,12H,8-11H2. The lowest BCUT2D eigenvalue weighted by Gasteiger charge is -2.26. The van der Waals surface area contributed by atoms with Crippen LogP contribution in [-0.2, 0) is 4.74 Å². The first kappa shape index (κ1) is 14.3. The van der Waals surface area contributed by atoms with Gasteiger partial charge in [-0.25, -0.2) is 0 Å². The van der Waals surface area contributed by atoms with Crippen LogP contribution in [0.15, 0.2) is 48.5 Å². The van der Waals surface area contributed by atoms with Crippen LogP contribution in [0.25, 0.3) is 11.1 Å². The number of hydrogen-bond donors (Lipinski definition) is 0. The van der Waals surface area contributed by atoms with Crippen LogP contribution < -0.4 is 0 Å². The molecule has 4 nitrogen and oxygen atoms in total. The highest BCUT2D eigenvalue weighted by Gasteiger charge is 2.18. The van der Waals surface area contributed by atoms with Gasteiger partial charge in [-0.15, -0.1) is 0 Å².